The van der Waals surface area contributed by atoms with Gasteiger partial charge in [-0.05, 0) is 92.4 Å². The summed E-state index contributed by atoms with van der Waals surface area (Å²) >= 11 is 3.62. The zero-order chi connectivity index (χ0) is 25.9. The molecule has 0 amide bonds. The van der Waals surface area contributed by atoms with Crippen molar-refractivity contribution in [3.05, 3.63) is 63.9 Å². The third-order valence-corrected chi connectivity index (χ3v) is 6.73. The number of halogens is 3. The van der Waals surface area contributed by atoms with Crippen molar-refractivity contribution in [2.75, 3.05) is 48.4 Å². The highest BCUT2D eigenvalue weighted by Gasteiger charge is 2.15. The van der Waals surface area contributed by atoms with Crippen molar-refractivity contribution in [2.45, 2.75) is 12.8 Å². The quantitative estimate of drug-likeness (QED) is 0.300. The number of aryl methyl sites for hydroxylation is 2. The van der Waals surface area contributed by atoms with E-state index in [2.05, 4.69) is 52.7 Å². The summed E-state index contributed by atoms with van der Waals surface area (Å²) in [6.45, 7) is 1.85. The lowest BCUT2D eigenvalue weighted by molar-refractivity contribution is 0.411. The second kappa shape index (κ2) is 11.5. The van der Waals surface area contributed by atoms with Crippen LogP contribution in [-0.2, 0) is 26.9 Å². The third kappa shape index (κ3) is 6.05. The minimum Gasteiger partial charge on any atom is -0.496 e. The Labute approximate surface area is 215 Å². The van der Waals surface area contributed by atoms with Crippen molar-refractivity contribution in [1.29, 1.82) is 0 Å². The van der Waals surface area contributed by atoms with E-state index in [1.165, 1.54) is 28.6 Å². The maximum atomic E-state index is 13.8. The maximum absolute atomic E-state index is 13.8. The molecule has 8 heteroatoms. The molecule has 4 rings (SSSR count). The van der Waals surface area contributed by atoms with Gasteiger partial charge in [0.25, 0.3) is 0 Å². The normalized spacial score (nSPS) is 11.5. The molecule has 0 unspecified atom stereocenters. The number of hydrogen-bond donors (Lipinski definition) is 0. The van der Waals surface area contributed by atoms with Gasteiger partial charge in [0.15, 0.2) is 0 Å². The van der Waals surface area contributed by atoms with E-state index in [0.717, 1.165) is 35.3 Å². The molecule has 0 fully saturated rings. The van der Waals surface area contributed by atoms with Gasteiger partial charge in [-0.1, -0.05) is 0 Å². The van der Waals surface area contributed by atoms with Crippen LogP contribution in [0.1, 0.15) is 11.1 Å². The first-order chi connectivity index (χ1) is 16.5. The highest BCUT2D eigenvalue weighted by atomic mass is 79.9. The van der Waals surface area contributed by atoms with Crippen LogP contribution in [0.2, 0.25) is 0 Å². The molecular weight excluding hydrogens is 514 g/mol. The van der Waals surface area contributed by atoms with Crippen LogP contribution in [-0.4, -0.2) is 67.3 Å². The minimum absolute atomic E-state index is 0.346. The fraction of sp³-hybridized carbons (Fsp3) is 0.407. The number of aromatic nitrogens is 2. The number of methoxy groups -OCH3 is 1. The fourth-order valence-corrected chi connectivity index (χ4v) is 4.97. The Hall–Kier alpha value is -2.42. The fourth-order valence-electron chi connectivity index (χ4n) is 4.36. The second-order valence-electron chi connectivity index (χ2n) is 9.36. The van der Waals surface area contributed by atoms with Gasteiger partial charge in [-0.15, -0.1) is 0 Å². The first kappa shape index (κ1) is 27.2. The number of ether oxygens (including phenoxy) is 1. The van der Waals surface area contributed by atoms with Gasteiger partial charge in [-0.3, -0.25) is 0 Å². The van der Waals surface area contributed by atoms with E-state index in [1.54, 1.807) is 24.9 Å². The zero-order valence-electron chi connectivity index (χ0n) is 21.6. The molecule has 0 atom stereocenters. The average molecular weight is 550 g/mol. The van der Waals surface area contributed by atoms with Crippen molar-refractivity contribution >= 4 is 37.7 Å². The summed E-state index contributed by atoms with van der Waals surface area (Å²) in [6, 6.07) is 6.42. The molecule has 5 nitrogen and oxygen atoms in total. The summed E-state index contributed by atoms with van der Waals surface area (Å²) in [7, 11) is 13.7. The van der Waals surface area contributed by atoms with Crippen molar-refractivity contribution in [3.63, 3.8) is 0 Å². The molecule has 2 heterocycles. The Morgan fingerprint density at radius 2 is 1.29 bits per heavy atom. The standard InChI is InChI=1S/C14H19BrN2O.C13H16F2N2/c1-16(2)8-7-10-9-17(3)14-11(15)5-6-12(18-4)13(10)14;1-16(2)7-6-9-8-17(3)13-11(15)5-4-10(14)12(9)13/h5-6,9H,7-8H2,1-4H3;4-5,8H,6-7H2,1-3H3. The Morgan fingerprint density at radius 1 is 0.771 bits per heavy atom. The van der Waals surface area contributed by atoms with Gasteiger partial charge >= 0.3 is 0 Å². The minimum atomic E-state index is -0.375. The van der Waals surface area contributed by atoms with Crippen LogP contribution in [0.15, 0.2) is 41.1 Å². The van der Waals surface area contributed by atoms with Gasteiger partial charge in [0, 0.05) is 54.8 Å². The van der Waals surface area contributed by atoms with Crippen LogP contribution in [0.3, 0.4) is 0 Å². The number of hydrogen-bond acceptors (Lipinski definition) is 3. The topological polar surface area (TPSA) is 25.6 Å². The van der Waals surface area contributed by atoms with E-state index in [9.17, 15) is 8.78 Å². The molecule has 0 aliphatic carbocycles. The molecule has 0 aliphatic heterocycles. The monoisotopic (exact) mass is 548 g/mol. The van der Waals surface area contributed by atoms with Crippen LogP contribution in [0.25, 0.3) is 21.8 Å². The Morgan fingerprint density at radius 3 is 1.83 bits per heavy atom. The lowest BCUT2D eigenvalue weighted by Gasteiger charge is -2.10. The summed E-state index contributed by atoms with van der Waals surface area (Å²) in [6.07, 6.45) is 5.74. The van der Waals surface area contributed by atoms with E-state index in [4.69, 9.17) is 4.74 Å². The SMILES string of the molecule is CN(C)CCc1cn(C)c2c(F)ccc(F)c12.COc1ccc(Br)c2c1c(CCN(C)C)cn2C. The Bertz CT molecular complexity index is 1310. The van der Waals surface area contributed by atoms with E-state index >= 15 is 0 Å². The number of benzene rings is 2. The molecule has 0 aliphatic rings. The van der Waals surface area contributed by atoms with E-state index in [-0.39, 0.29) is 11.6 Å². The molecule has 4 aromatic rings. The van der Waals surface area contributed by atoms with Crippen LogP contribution in [0, 0.1) is 11.6 Å². The Balaban J connectivity index is 0.000000196. The van der Waals surface area contributed by atoms with Crippen molar-refractivity contribution in [3.8, 4) is 5.75 Å². The van der Waals surface area contributed by atoms with Gasteiger partial charge in [0.1, 0.15) is 17.4 Å². The summed E-state index contributed by atoms with van der Waals surface area (Å²) in [5.41, 5.74) is 3.73. The van der Waals surface area contributed by atoms with Gasteiger partial charge in [0.2, 0.25) is 0 Å². The average Bonchev–Trinajstić information content (AvgIpc) is 3.32. The Kier molecular flexibility index (Phi) is 8.96. The van der Waals surface area contributed by atoms with E-state index in [1.807, 2.05) is 31.1 Å². The molecule has 0 radical (unpaired) electrons. The van der Waals surface area contributed by atoms with Crippen molar-refractivity contribution < 1.29 is 13.5 Å². The zero-order valence-corrected chi connectivity index (χ0v) is 23.2. The summed E-state index contributed by atoms with van der Waals surface area (Å²) in [4.78, 5) is 4.22. The third-order valence-electron chi connectivity index (χ3n) is 6.09. The predicted octanol–water partition coefficient (Wildman–Crippen LogP) is 5.61. The molecule has 2 aromatic carbocycles. The predicted molar refractivity (Wildman–Crippen MR) is 145 cm³/mol. The molecule has 0 N–H and O–H groups in total. The maximum Gasteiger partial charge on any atom is 0.147 e. The first-order valence-electron chi connectivity index (χ1n) is 11.6. The van der Waals surface area contributed by atoms with E-state index in [0.29, 0.717) is 17.3 Å². The van der Waals surface area contributed by atoms with Crippen LogP contribution >= 0.6 is 15.9 Å². The molecule has 35 heavy (non-hydrogen) atoms. The lowest BCUT2D eigenvalue weighted by atomic mass is 10.1. The van der Waals surface area contributed by atoms with Crippen LogP contribution in [0.4, 0.5) is 8.78 Å². The van der Waals surface area contributed by atoms with Gasteiger partial charge < -0.3 is 23.7 Å². The van der Waals surface area contributed by atoms with Crippen LogP contribution < -0.4 is 4.74 Å². The number of likely N-dealkylation sites (N-methyl/N-ethyl adjacent to an activating group) is 2. The van der Waals surface area contributed by atoms with Crippen LogP contribution in [0.5, 0.6) is 5.75 Å². The highest BCUT2D eigenvalue weighted by Crippen LogP contribution is 2.35. The molecule has 2 aromatic heterocycles. The molecule has 0 spiro atoms. The van der Waals surface area contributed by atoms with Crippen molar-refractivity contribution in [2.24, 2.45) is 14.1 Å². The van der Waals surface area contributed by atoms with E-state index < -0.39 is 0 Å². The summed E-state index contributed by atoms with van der Waals surface area (Å²) in [5.74, 6) is 0.221. The van der Waals surface area contributed by atoms with Gasteiger partial charge in [-0.25, -0.2) is 8.78 Å². The number of fused-ring (bicyclic) bond motifs is 2. The highest BCUT2D eigenvalue weighted by molar-refractivity contribution is 9.10. The van der Waals surface area contributed by atoms with Crippen molar-refractivity contribution in [1.82, 2.24) is 18.9 Å². The van der Waals surface area contributed by atoms with Gasteiger partial charge in [-0.2, -0.15) is 0 Å². The smallest absolute Gasteiger partial charge is 0.147 e. The second-order valence-corrected chi connectivity index (χ2v) is 10.2. The van der Waals surface area contributed by atoms with Gasteiger partial charge in [0.05, 0.1) is 18.1 Å². The molecule has 0 saturated carbocycles. The number of nitrogens with zero attached hydrogens (tertiary/aromatic N) is 4. The molecule has 0 saturated heterocycles. The molecular formula is C27H35BrF2N4O. The number of rotatable bonds is 7. The molecule has 0 bridgehead atoms. The summed E-state index contributed by atoms with van der Waals surface area (Å²) < 4.78 is 37.8. The summed E-state index contributed by atoms with van der Waals surface area (Å²) in [5, 5.41) is 1.63. The largest absolute Gasteiger partial charge is 0.496 e. The lowest BCUT2D eigenvalue weighted by Crippen LogP contribution is -2.14. The molecule has 190 valence electrons. The first-order valence-corrected chi connectivity index (χ1v) is 12.4.